The Bertz CT molecular complexity index is 1180. The lowest BCUT2D eigenvalue weighted by Crippen LogP contribution is -2.17. The number of benzene rings is 1. The first-order valence-electron chi connectivity index (χ1n) is 8.32. The number of nitrogens with zero attached hydrogens (tertiary/aromatic N) is 6. The van der Waals surface area contributed by atoms with Gasteiger partial charge in [-0.15, -0.1) is 10.2 Å². The molecule has 2 aromatic heterocycles. The van der Waals surface area contributed by atoms with Crippen LogP contribution >= 0.6 is 11.8 Å². The molecular formula is C17H17N7O3S2. The standard InChI is InChI=1S/C17H17N7O3S2/c1-23-14(11-29(26,27)13-6-4-3-5-7-13)21-22-17(23)28-10-15(25)20-16-12(8-18)9-19-24(16)2/h3-7,9H,10-11H2,1-2H3,(H,20,25). The number of nitriles is 1. The number of nitrogens with one attached hydrogen (secondary N) is 1. The molecule has 0 unspecified atom stereocenters. The predicted octanol–water partition coefficient (Wildman–Crippen LogP) is 1.12. The maximum absolute atomic E-state index is 12.5. The summed E-state index contributed by atoms with van der Waals surface area (Å²) in [6.07, 6.45) is 1.37. The minimum Gasteiger partial charge on any atom is -0.309 e. The molecule has 0 fully saturated rings. The van der Waals surface area contributed by atoms with E-state index in [1.165, 1.54) is 23.0 Å². The van der Waals surface area contributed by atoms with Gasteiger partial charge in [0.05, 0.1) is 16.8 Å². The van der Waals surface area contributed by atoms with E-state index >= 15 is 0 Å². The van der Waals surface area contributed by atoms with Crippen molar-refractivity contribution in [3.8, 4) is 6.07 Å². The average Bonchev–Trinajstić information content (AvgIpc) is 3.23. The number of sulfone groups is 1. The number of anilines is 1. The number of carbonyl (C=O) groups is 1. The Morgan fingerprint density at radius 3 is 2.66 bits per heavy atom. The zero-order valence-corrected chi connectivity index (χ0v) is 17.2. The first kappa shape index (κ1) is 20.6. The van der Waals surface area contributed by atoms with Gasteiger partial charge >= 0.3 is 0 Å². The number of carbonyl (C=O) groups excluding carboxylic acids is 1. The Kier molecular flexibility index (Phi) is 6.00. The van der Waals surface area contributed by atoms with Crippen LogP contribution in [0.4, 0.5) is 5.82 Å². The number of aryl methyl sites for hydroxylation is 1. The van der Waals surface area contributed by atoms with Crippen LogP contribution in [0.15, 0.2) is 46.6 Å². The van der Waals surface area contributed by atoms with E-state index in [2.05, 4.69) is 20.6 Å². The number of hydrogen-bond acceptors (Lipinski definition) is 8. The number of amides is 1. The summed E-state index contributed by atoms with van der Waals surface area (Å²) in [6, 6.07) is 10.1. The molecule has 2 heterocycles. The van der Waals surface area contributed by atoms with Crippen LogP contribution in [0, 0.1) is 11.3 Å². The van der Waals surface area contributed by atoms with E-state index in [4.69, 9.17) is 5.26 Å². The van der Waals surface area contributed by atoms with Crippen LogP contribution in [0.3, 0.4) is 0 Å². The molecule has 3 rings (SSSR count). The summed E-state index contributed by atoms with van der Waals surface area (Å²) in [5.74, 6) is -0.0567. The van der Waals surface area contributed by atoms with E-state index in [1.807, 2.05) is 6.07 Å². The zero-order chi connectivity index (χ0) is 21.0. The molecule has 29 heavy (non-hydrogen) atoms. The molecule has 0 aliphatic heterocycles. The maximum Gasteiger partial charge on any atom is 0.236 e. The number of thioether (sulfide) groups is 1. The highest BCUT2D eigenvalue weighted by molar-refractivity contribution is 7.99. The van der Waals surface area contributed by atoms with Crippen LogP contribution in [0.25, 0.3) is 0 Å². The van der Waals surface area contributed by atoms with Crippen LogP contribution in [-0.4, -0.2) is 44.6 Å². The van der Waals surface area contributed by atoms with Crippen LogP contribution in [0.5, 0.6) is 0 Å². The third kappa shape index (κ3) is 4.64. The highest BCUT2D eigenvalue weighted by Crippen LogP contribution is 2.20. The zero-order valence-electron chi connectivity index (χ0n) is 15.6. The number of rotatable bonds is 7. The molecule has 0 saturated carbocycles. The highest BCUT2D eigenvalue weighted by atomic mass is 32.2. The Hall–Kier alpha value is -3.17. The van der Waals surface area contributed by atoms with Gasteiger partial charge in [-0.1, -0.05) is 30.0 Å². The van der Waals surface area contributed by atoms with Gasteiger partial charge in [0.25, 0.3) is 0 Å². The molecule has 150 valence electrons. The number of hydrogen-bond donors (Lipinski definition) is 1. The van der Waals surface area contributed by atoms with Crippen LogP contribution in [-0.2, 0) is 34.5 Å². The van der Waals surface area contributed by atoms with E-state index in [1.54, 1.807) is 36.9 Å². The minimum atomic E-state index is -3.55. The molecule has 0 bridgehead atoms. The molecule has 1 amide bonds. The van der Waals surface area contributed by atoms with E-state index in [9.17, 15) is 13.2 Å². The fourth-order valence-electron chi connectivity index (χ4n) is 2.44. The van der Waals surface area contributed by atoms with Crippen LogP contribution < -0.4 is 5.32 Å². The van der Waals surface area contributed by atoms with Crippen molar-refractivity contribution in [2.24, 2.45) is 14.1 Å². The van der Waals surface area contributed by atoms with Gasteiger partial charge in [-0.05, 0) is 12.1 Å². The molecular weight excluding hydrogens is 414 g/mol. The Morgan fingerprint density at radius 1 is 1.24 bits per heavy atom. The molecule has 0 saturated heterocycles. The molecule has 0 aliphatic carbocycles. The third-order valence-electron chi connectivity index (χ3n) is 4.00. The average molecular weight is 432 g/mol. The maximum atomic E-state index is 12.5. The second-order valence-electron chi connectivity index (χ2n) is 6.01. The van der Waals surface area contributed by atoms with E-state index in [0.717, 1.165) is 11.8 Å². The summed E-state index contributed by atoms with van der Waals surface area (Å²) in [6.45, 7) is 0. The molecule has 10 nitrogen and oxygen atoms in total. The SMILES string of the molecule is Cn1ncc(C#N)c1NC(=O)CSc1nnc(CS(=O)(=O)c2ccccc2)n1C. The second kappa shape index (κ2) is 8.46. The molecule has 12 heteroatoms. The summed E-state index contributed by atoms with van der Waals surface area (Å²) in [4.78, 5) is 12.4. The fraction of sp³-hybridized carbons (Fsp3) is 0.235. The minimum absolute atomic E-state index is 0.00740. The van der Waals surface area contributed by atoms with Crippen LogP contribution in [0.2, 0.25) is 0 Å². The lowest BCUT2D eigenvalue weighted by atomic mass is 10.3. The summed E-state index contributed by atoms with van der Waals surface area (Å²) in [5, 5.41) is 23.9. The Morgan fingerprint density at radius 2 is 1.97 bits per heavy atom. The first-order valence-corrected chi connectivity index (χ1v) is 11.0. The largest absolute Gasteiger partial charge is 0.309 e. The molecule has 0 radical (unpaired) electrons. The predicted molar refractivity (Wildman–Crippen MR) is 106 cm³/mol. The van der Waals surface area contributed by atoms with Crippen molar-refractivity contribution in [1.82, 2.24) is 24.5 Å². The van der Waals surface area contributed by atoms with Gasteiger partial charge in [0.1, 0.15) is 29.0 Å². The van der Waals surface area contributed by atoms with E-state index in [-0.39, 0.29) is 33.7 Å². The van der Waals surface area contributed by atoms with Crippen molar-refractivity contribution in [3.05, 3.63) is 47.9 Å². The van der Waals surface area contributed by atoms with E-state index in [0.29, 0.717) is 11.0 Å². The van der Waals surface area contributed by atoms with Crippen molar-refractivity contribution in [2.45, 2.75) is 15.8 Å². The van der Waals surface area contributed by atoms with Crippen molar-refractivity contribution in [1.29, 1.82) is 5.26 Å². The quantitative estimate of drug-likeness (QED) is 0.550. The van der Waals surface area contributed by atoms with Crippen molar-refractivity contribution in [2.75, 3.05) is 11.1 Å². The topological polar surface area (TPSA) is 136 Å². The first-order chi connectivity index (χ1) is 13.8. The molecule has 1 aromatic carbocycles. The Balaban J connectivity index is 1.65. The van der Waals surface area contributed by atoms with Gasteiger partial charge in [0, 0.05) is 14.1 Å². The van der Waals surface area contributed by atoms with E-state index < -0.39 is 9.84 Å². The molecule has 0 atom stereocenters. The van der Waals surface area contributed by atoms with Gasteiger partial charge in [-0.2, -0.15) is 10.4 Å². The van der Waals surface area contributed by atoms with Crippen molar-refractivity contribution >= 4 is 33.3 Å². The molecule has 1 N–H and O–H groups in total. The van der Waals surface area contributed by atoms with Crippen molar-refractivity contribution in [3.63, 3.8) is 0 Å². The molecule has 0 aliphatic rings. The van der Waals surface area contributed by atoms with Crippen LogP contribution in [0.1, 0.15) is 11.4 Å². The van der Waals surface area contributed by atoms with Gasteiger partial charge in [-0.3, -0.25) is 9.48 Å². The highest BCUT2D eigenvalue weighted by Gasteiger charge is 2.20. The summed E-state index contributed by atoms with van der Waals surface area (Å²) < 4.78 is 28.0. The normalized spacial score (nSPS) is 11.2. The van der Waals surface area contributed by atoms with Gasteiger partial charge in [0.15, 0.2) is 15.0 Å². The number of aromatic nitrogens is 5. The molecule has 0 spiro atoms. The van der Waals surface area contributed by atoms with Gasteiger partial charge < -0.3 is 9.88 Å². The smallest absolute Gasteiger partial charge is 0.236 e. The summed E-state index contributed by atoms with van der Waals surface area (Å²) in [5.41, 5.74) is 0.262. The lowest BCUT2D eigenvalue weighted by Gasteiger charge is -2.07. The third-order valence-corrected chi connectivity index (χ3v) is 6.64. The van der Waals surface area contributed by atoms with Crippen molar-refractivity contribution < 1.29 is 13.2 Å². The van der Waals surface area contributed by atoms with Gasteiger partial charge in [0.2, 0.25) is 5.91 Å². The fourth-order valence-corrected chi connectivity index (χ4v) is 4.50. The second-order valence-corrected chi connectivity index (χ2v) is 8.94. The monoisotopic (exact) mass is 431 g/mol. The molecule has 3 aromatic rings. The summed E-state index contributed by atoms with van der Waals surface area (Å²) >= 11 is 1.11. The lowest BCUT2D eigenvalue weighted by molar-refractivity contribution is -0.113. The van der Waals surface area contributed by atoms with Gasteiger partial charge in [-0.25, -0.2) is 8.42 Å². The summed E-state index contributed by atoms with van der Waals surface area (Å²) in [7, 11) is -0.292. The Labute approximate surface area is 171 Å².